The van der Waals surface area contributed by atoms with Crippen LogP contribution < -0.4 is 9.47 Å². The number of nitriles is 1. The van der Waals surface area contributed by atoms with E-state index in [1.807, 2.05) is 31.2 Å². The topological polar surface area (TPSA) is 70.9 Å². The highest BCUT2D eigenvalue weighted by Gasteiger charge is 2.14. The summed E-state index contributed by atoms with van der Waals surface area (Å²) < 4.78 is 12.6. The summed E-state index contributed by atoms with van der Waals surface area (Å²) in [6.07, 6.45) is 2.75. The second-order valence-corrected chi connectivity index (χ2v) is 7.98. The van der Waals surface area contributed by atoms with E-state index in [1.165, 1.54) is 11.1 Å². The van der Waals surface area contributed by atoms with Crippen molar-refractivity contribution >= 4 is 45.3 Å². The Kier molecular flexibility index (Phi) is 6.80. The van der Waals surface area contributed by atoms with E-state index >= 15 is 0 Å². The Morgan fingerprint density at radius 1 is 1.17 bits per heavy atom. The molecule has 1 heterocycles. The standard InChI is InChI=1S/C23H24IN3O2/c1-5-7-29-22-18(24)11-16(12-21(22)28-6-2)10-17(13-25)23-26-19-8-14(3)15(4)9-20(19)27-23/h8-12H,5-7H2,1-4H3,(H,26,27)/b17-10-. The molecule has 29 heavy (non-hydrogen) atoms. The predicted octanol–water partition coefficient (Wildman–Crippen LogP) is 6.04. The molecule has 0 saturated heterocycles. The lowest BCUT2D eigenvalue weighted by atomic mass is 10.1. The van der Waals surface area contributed by atoms with Gasteiger partial charge in [0.15, 0.2) is 11.5 Å². The first kappa shape index (κ1) is 21.2. The summed E-state index contributed by atoms with van der Waals surface area (Å²) in [5.41, 5.74) is 5.49. The zero-order valence-corrected chi connectivity index (χ0v) is 19.3. The number of halogens is 1. The Labute approximate surface area is 184 Å². The summed E-state index contributed by atoms with van der Waals surface area (Å²) in [5, 5.41) is 9.75. The second kappa shape index (κ2) is 9.31. The quantitative estimate of drug-likeness (QED) is 0.317. The third-order valence-electron chi connectivity index (χ3n) is 4.57. The fourth-order valence-electron chi connectivity index (χ4n) is 3.00. The van der Waals surface area contributed by atoms with Gasteiger partial charge in [-0.15, -0.1) is 0 Å². The predicted molar refractivity (Wildman–Crippen MR) is 125 cm³/mol. The number of hydrogen-bond donors (Lipinski definition) is 1. The van der Waals surface area contributed by atoms with Crippen molar-refractivity contribution in [3.63, 3.8) is 0 Å². The van der Waals surface area contributed by atoms with Gasteiger partial charge in [0.25, 0.3) is 0 Å². The van der Waals surface area contributed by atoms with Crippen LogP contribution in [0.15, 0.2) is 24.3 Å². The molecule has 1 N–H and O–H groups in total. The molecule has 0 radical (unpaired) electrons. The first-order valence-electron chi connectivity index (χ1n) is 9.65. The van der Waals surface area contributed by atoms with Crippen molar-refractivity contribution in [2.75, 3.05) is 13.2 Å². The summed E-state index contributed by atoms with van der Waals surface area (Å²) in [6, 6.07) is 10.3. The average Bonchev–Trinajstić information content (AvgIpc) is 3.08. The van der Waals surface area contributed by atoms with E-state index in [9.17, 15) is 5.26 Å². The second-order valence-electron chi connectivity index (χ2n) is 6.82. The molecule has 150 valence electrons. The van der Waals surface area contributed by atoms with Crippen molar-refractivity contribution in [3.05, 3.63) is 50.4 Å². The van der Waals surface area contributed by atoms with E-state index in [1.54, 1.807) is 0 Å². The molecule has 1 aromatic heterocycles. The number of rotatable bonds is 7. The monoisotopic (exact) mass is 501 g/mol. The number of aryl methyl sites for hydroxylation is 2. The molecule has 0 spiro atoms. The fourth-order valence-corrected chi connectivity index (χ4v) is 3.78. The minimum absolute atomic E-state index is 0.469. The number of fused-ring (bicyclic) bond motifs is 1. The third kappa shape index (κ3) is 4.73. The van der Waals surface area contributed by atoms with Crippen molar-refractivity contribution in [1.29, 1.82) is 5.26 Å². The molecular weight excluding hydrogens is 477 g/mol. The van der Waals surface area contributed by atoms with Gasteiger partial charge in [0.1, 0.15) is 11.9 Å². The maximum Gasteiger partial charge on any atom is 0.174 e. The zero-order chi connectivity index (χ0) is 21.0. The van der Waals surface area contributed by atoms with Gasteiger partial charge in [0, 0.05) is 0 Å². The molecule has 0 aliphatic rings. The lowest BCUT2D eigenvalue weighted by molar-refractivity contribution is 0.275. The largest absolute Gasteiger partial charge is 0.490 e. The number of aromatic amines is 1. The number of benzene rings is 2. The van der Waals surface area contributed by atoms with E-state index in [2.05, 4.69) is 65.5 Å². The van der Waals surface area contributed by atoms with Crippen LogP contribution in [-0.2, 0) is 0 Å². The number of imidazole rings is 1. The molecule has 0 aliphatic carbocycles. The average molecular weight is 501 g/mol. The van der Waals surface area contributed by atoms with Crippen molar-refractivity contribution in [3.8, 4) is 17.6 Å². The molecule has 3 rings (SSSR count). The smallest absolute Gasteiger partial charge is 0.174 e. The third-order valence-corrected chi connectivity index (χ3v) is 5.37. The van der Waals surface area contributed by atoms with E-state index in [0.717, 1.165) is 32.3 Å². The number of ether oxygens (including phenoxy) is 2. The van der Waals surface area contributed by atoms with Crippen molar-refractivity contribution in [2.24, 2.45) is 0 Å². The van der Waals surface area contributed by atoms with Crippen molar-refractivity contribution in [1.82, 2.24) is 9.97 Å². The molecule has 6 heteroatoms. The van der Waals surface area contributed by atoms with Crippen molar-refractivity contribution in [2.45, 2.75) is 34.1 Å². The molecule has 0 bridgehead atoms. The number of nitrogens with one attached hydrogen (secondary N) is 1. The highest BCUT2D eigenvalue weighted by molar-refractivity contribution is 14.1. The maximum atomic E-state index is 9.75. The number of aromatic nitrogens is 2. The molecular formula is C23H24IN3O2. The number of H-pyrrole nitrogens is 1. The van der Waals surface area contributed by atoms with Gasteiger partial charge in [0.05, 0.1) is 33.4 Å². The minimum Gasteiger partial charge on any atom is -0.490 e. The molecule has 2 aromatic carbocycles. The van der Waals surface area contributed by atoms with E-state index < -0.39 is 0 Å². The summed E-state index contributed by atoms with van der Waals surface area (Å²) in [5.74, 6) is 2.00. The molecule has 0 saturated carbocycles. The molecule has 0 aliphatic heterocycles. The summed E-state index contributed by atoms with van der Waals surface area (Å²) in [7, 11) is 0. The van der Waals surface area contributed by atoms with Crippen LogP contribution in [0.1, 0.15) is 42.8 Å². The lowest BCUT2D eigenvalue weighted by Gasteiger charge is -2.14. The van der Waals surface area contributed by atoms with Crippen LogP contribution in [0.3, 0.4) is 0 Å². The molecule has 3 aromatic rings. The van der Waals surface area contributed by atoms with Gasteiger partial charge in [0.2, 0.25) is 0 Å². The molecule has 0 unspecified atom stereocenters. The van der Waals surface area contributed by atoms with Gasteiger partial charge in [-0.2, -0.15) is 5.26 Å². The van der Waals surface area contributed by atoms with Gasteiger partial charge < -0.3 is 14.5 Å². The maximum absolute atomic E-state index is 9.75. The van der Waals surface area contributed by atoms with Gasteiger partial charge in [-0.25, -0.2) is 4.98 Å². The Morgan fingerprint density at radius 2 is 1.93 bits per heavy atom. The van der Waals surface area contributed by atoms with E-state index in [0.29, 0.717) is 30.4 Å². The van der Waals surface area contributed by atoms with Crippen LogP contribution in [0.25, 0.3) is 22.7 Å². The lowest BCUT2D eigenvalue weighted by Crippen LogP contribution is -2.02. The van der Waals surface area contributed by atoms with Crippen LogP contribution in [0.2, 0.25) is 0 Å². The van der Waals surface area contributed by atoms with Gasteiger partial charge in [-0.1, -0.05) is 6.92 Å². The van der Waals surface area contributed by atoms with Crippen LogP contribution in [0, 0.1) is 28.7 Å². The first-order valence-corrected chi connectivity index (χ1v) is 10.7. The SMILES string of the molecule is CCCOc1c(I)cc(/C=C(/C#N)c2nc3cc(C)c(C)cc3[nH]2)cc1OCC. The van der Waals surface area contributed by atoms with E-state index in [4.69, 9.17) is 9.47 Å². The number of nitrogens with zero attached hydrogens (tertiary/aromatic N) is 2. The van der Waals surface area contributed by atoms with Gasteiger partial charge in [-0.3, -0.25) is 0 Å². The highest BCUT2D eigenvalue weighted by Crippen LogP contribution is 2.35. The fraction of sp³-hybridized carbons (Fsp3) is 0.304. The van der Waals surface area contributed by atoms with E-state index in [-0.39, 0.29) is 0 Å². The van der Waals surface area contributed by atoms with Crippen LogP contribution >= 0.6 is 22.6 Å². The molecule has 0 fully saturated rings. The molecule has 5 nitrogen and oxygen atoms in total. The Morgan fingerprint density at radius 3 is 2.62 bits per heavy atom. The molecule has 0 amide bonds. The first-order chi connectivity index (χ1) is 14.0. The van der Waals surface area contributed by atoms with Gasteiger partial charge >= 0.3 is 0 Å². The summed E-state index contributed by atoms with van der Waals surface area (Å²) in [4.78, 5) is 7.89. The van der Waals surface area contributed by atoms with Crippen molar-refractivity contribution < 1.29 is 9.47 Å². The van der Waals surface area contributed by atoms with Gasteiger partial charge in [-0.05, 0) is 96.8 Å². The Bertz CT molecular complexity index is 1070. The zero-order valence-electron chi connectivity index (χ0n) is 17.1. The van der Waals surface area contributed by atoms with Crippen LogP contribution in [0.4, 0.5) is 0 Å². The minimum atomic E-state index is 0.469. The Hall–Kier alpha value is -2.53. The van der Waals surface area contributed by atoms with Crippen LogP contribution in [-0.4, -0.2) is 23.2 Å². The summed E-state index contributed by atoms with van der Waals surface area (Å²) >= 11 is 2.24. The molecule has 0 atom stereocenters. The highest BCUT2D eigenvalue weighted by atomic mass is 127. The number of allylic oxidation sites excluding steroid dienone is 1. The van der Waals surface area contributed by atoms with Crippen LogP contribution in [0.5, 0.6) is 11.5 Å². The normalized spacial score (nSPS) is 11.5. The Balaban J connectivity index is 2.04. The number of hydrogen-bond acceptors (Lipinski definition) is 4. The summed E-state index contributed by atoms with van der Waals surface area (Å²) in [6.45, 7) is 9.31.